The molecule has 1 aromatic carbocycles. The fourth-order valence-electron chi connectivity index (χ4n) is 2.48. The van der Waals surface area contributed by atoms with Gasteiger partial charge < -0.3 is 5.73 Å². The molecule has 3 N–H and O–H groups in total. The van der Waals surface area contributed by atoms with Gasteiger partial charge in [0.1, 0.15) is 5.82 Å². The molecule has 2 amide bonds. The van der Waals surface area contributed by atoms with E-state index in [1.165, 1.54) is 12.1 Å². The maximum atomic E-state index is 12.5. The number of aromatic nitrogens is 1. The molecule has 0 saturated carbocycles. The Morgan fingerprint density at radius 2 is 1.60 bits per heavy atom. The molecule has 8 nitrogen and oxygen atoms in total. The SMILES string of the molecule is CS(=O)(=O)c1cc(Br)c(-n2c(N)c3c(cc2=O)C(=O)NC3=O)c(Br)c1. The first kappa shape index (κ1) is 17.8. The zero-order chi connectivity index (χ0) is 18.7. The van der Waals surface area contributed by atoms with Gasteiger partial charge in [-0.05, 0) is 44.0 Å². The Morgan fingerprint density at radius 1 is 1.04 bits per heavy atom. The van der Waals surface area contributed by atoms with Gasteiger partial charge in [-0.15, -0.1) is 0 Å². The molecule has 0 unspecified atom stereocenters. The Morgan fingerprint density at radius 3 is 2.12 bits per heavy atom. The number of rotatable bonds is 2. The molecule has 0 radical (unpaired) electrons. The zero-order valence-corrected chi connectivity index (χ0v) is 16.5. The van der Waals surface area contributed by atoms with Gasteiger partial charge in [-0.3, -0.25) is 24.3 Å². The van der Waals surface area contributed by atoms with Gasteiger partial charge in [0.25, 0.3) is 17.4 Å². The Bertz CT molecular complexity index is 1110. The molecule has 1 aliphatic rings. The molecule has 2 aromatic rings. The van der Waals surface area contributed by atoms with Gasteiger partial charge in [0.05, 0.1) is 21.7 Å². The van der Waals surface area contributed by atoms with E-state index in [0.717, 1.165) is 16.9 Å². The molecule has 0 bridgehead atoms. The summed E-state index contributed by atoms with van der Waals surface area (Å²) in [5.74, 6) is -1.62. The predicted molar refractivity (Wildman–Crippen MR) is 96.8 cm³/mol. The minimum atomic E-state index is -3.48. The van der Waals surface area contributed by atoms with E-state index < -0.39 is 27.2 Å². The van der Waals surface area contributed by atoms with Crippen LogP contribution in [0.2, 0.25) is 0 Å². The van der Waals surface area contributed by atoms with Crippen LogP contribution in [0.15, 0.2) is 36.8 Å². The number of fused-ring (bicyclic) bond motifs is 1. The second-order valence-corrected chi connectivity index (χ2v) is 9.01. The minimum absolute atomic E-state index is 0.0238. The molecule has 1 aliphatic heterocycles. The van der Waals surface area contributed by atoms with Crippen molar-refractivity contribution in [3.05, 3.63) is 48.6 Å². The number of halogens is 2. The third-order valence-corrected chi connectivity index (χ3v) is 5.90. The van der Waals surface area contributed by atoms with Crippen LogP contribution in [0, 0.1) is 0 Å². The van der Waals surface area contributed by atoms with Crippen LogP contribution in [0.5, 0.6) is 0 Å². The van der Waals surface area contributed by atoms with E-state index >= 15 is 0 Å². The Labute approximate surface area is 158 Å². The van der Waals surface area contributed by atoms with Gasteiger partial charge >= 0.3 is 0 Å². The van der Waals surface area contributed by atoms with Crippen LogP contribution in [0.1, 0.15) is 20.7 Å². The molecule has 2 heterocycles. The first-order valence-corrected chi connectivity index (χ1v) is 10.1. The lowest BCUT2D eigenvalue weighted by Crippen LogP contribution is -2.24. The number of hydrogen-bond acceptors (Lipinski definition) is 6. The van der Waals surface area contributed by atoms with E-state index in [-0.39, 0.29) is 36.5 Å². The number of nitrogens with zero attached hydrogens (tertiary/aromatic N) is 1. The number of nitrogens with two attached hydrogens (primary N) is 1. The van der Waals surface area contributed by atoms with E-state index in [0.29, 0.717) is 0 Å². The number of hydrogen-bond donors (Lipinski definition) is 2. The van der Waals surface area contributed by atoms with Crippen LogP contribution in [0.25, 0.3) is 5.69 Å². The van der Waals surface area contributed by atoms with Crippen LogP contribution >= 0.6 is 31.9 Å². The van der Waals surface area contributed by atoms with Gasteiger partial charge in [0.15, 0.2) is 9.84 Å². The molecule has 0 fully saturated rings. The van der Waals surface area contributed by atoms with Crippen LogP contribution < -0.4 is 16.6 Å². The van der Waals surface area contributed by atoms with E-state index in [2.05, 4.69) is 37.2 Å². The fraction of sp³-hybridized carbons (Fsp3) is 0.0714. The van der Waals surface area contributed by atoms with Gasteiger partial charge in [0, 0.05) is 21.3 Å². The highest BCUT2D eigenvalue weighted by Gasteiger charge is 2.32. The predicted octanol–water partition coefficient (Wildman–Crippen LogP) is 1.23. The number of anilines is 1. The molecule has 25 heavy (non-hydrogen) atoms. The molecule has 0 saturated heterocycles. The maximum absolute atomic E-state index is 12.5. The standard InChI is InChI=1S/C14H9Br2N3O5S/c1-25(23,24)5-2-7(15)11(8(16)3-5)19-9(20)4-6-10(12(19)17)14(22)18-13(6)21/h2-4H,17H2,1H3,(H,18,21,22). The van der Waals surface area contributed by atoms with Crippen LogP contribution in [-0.4, -0.2) is 31.1 Å². The number of sulfone groups is 1. The second kappa shape index (κ2) is 5.78. The highest BCUT2D eigenvalue weighted by molar-refractivity contribution is 9.11. The lowest BCUT2D eigenvalue weighted by Gasteiger charge is -2.16. The summed E-state index contributed by atoms with van der Waals surface area (Å²) in [5.41, 5.74) is 5.35. The Hall–Kier alpha value is -1.98. The third-order valence-electron chi connectivity index (χ3n) is 3.60. The van der Waals surface area contributed by atoms with E-state index in [9.17, 15) is 22.8 Å². The topological polar surface area (TPSA) is 128 Å². The van der Waals surface area contributed by atoms with Crippen molar-refractivity contribution in [2.45, 2.75) is 4.90 Å². The van der Waals surface area contributed by atoms with Crippen molar-refractivity contribution in [1.82, 2.24) is 9.88 Å². The summed E-state index contributed by atoms with van der Waals surface area (Å²) in [6.45, 7) is 0. The Kier molecular flexibility index (Phi) is 4.12. The lowest BCUT2D eigenvalue weighted by atomic mass is 10.1. The number of carbonyl (C=O) groups excluding carboxylic acids is 2. The molecular formula is C14H9Br2N3O5S. The van der Waals surface area contributed by atoms with Gasteiger partial charge in [-0.25, -0.2) is 8.42 Å². The number of nitrogen functional groups attached to an aromatic ring is 1. The molecule has 130 valence electrons. The largest absolute Gasteiger partial charge is 0.384 e. The number of pyridine rings is 1. The summed E-state index contributed by atoms with van der Waals surface area (Å²) in [5, 5.41) is 2.07. The van der Waals surface area contributed by atoms with Gasteiger partial charge in [-0.1, -0.05) is 0 Å². The highest BCUT2D eigenvalue weighted by Crippen LogP contribution is 2.34. The van der Waals surface area contributed by atoms with E-state index in [4.69, 9.17) is 5.73 Å². The van der Waals surface area contributed by atoms with Crippen molar-refractivity contribution >= 4 is 59.3 Å². The first-order chi connectivity index (χ1) is 11.5. The van der Waals surface area contributed by atoms with Crippen molar-refractivity contribution in [1.29, 1.82) is 0 Å². The molecule has 0 spiro atoms. The summed E-state index contributed by atoms with van der Waals surface area (Å²) in [6, 6.07) is 3.65. The number of benzene rings is 1. The van der Waals surface area contributed by atoms with Gasteiger partial charge in [0.2, 0.25) is 0 Å². The molecule has 11 heteroatoms. The molecular weight excluding hydrogens is 482 g/mol. The smallest absolute Gasteiger partial charge is 0.262 e. The van der Waals surface area contributed by atoms with E-state index in [1.807, 2.05) is 0 Å². The van der Waals surface area contributed by atoms with Crippen LogP contribution in [0.3, 0.4) is 0 Å². The quantitative estimate of drug-likeness (QED) is 0.609. The molecule has 0 atom stereocenters. The van der Waals surface area contributed by atoms with Crippen LogP contribution in [-0.2, 0) is 9.84 Å². The molecule has 3 rings (SSSR count). The fourth-order valence-corrected chi connectivity index (χ4v) is 4.99. The normalized spacial score (nSPS) is 13.7. The number of amides is 2. The van der Waals surface area contributed by atoms with Crippen molar-refractivity contribution in [3.8, 4) is 5.69 Å². The van der Waals surface area contributed by atoms with Crippen LogP contribution in [0.4, 0.5) is 5.82 Å². The minimum Gasteiger partial charge on any atom is -0.384 e. The maximum Gasteiger partial charge on any atom is 0.262 e. The summed E-state index contributed by atoms with van der Waals surface area (Å²) in [7, 11) is -3.48. The summed E-state index contributed by atoms with van der Waals surface area (Å²) < 4.78 is 25.0. The molecule has 1 aromatic heterocycles. The van der Waals surface area contributed by atoms with Crippen molar-refractivity contribution in [2.24, 2.45) is 0 Å². The third kappa shape index (κ3) is 2.81. The van der Waals surface area contributed by atoms with Crippen molar-refractivity contribution in [3.63, 3.8) is 0 Å². The zero-order valence-electron chi connectivity index (χ0n) is 12.5. The number of nitrogens with one attached hydrogen (secondary N) is 1. The number of carbonyl (C=O) groups is 2. The average molecular weight is 491 g/mol. The second-order valence-electron chi connectivity index (χ2n) is 5.28. The van der Waals surface area contributed by atoms with Crippen molar-refractivity contribution in [2.75, 3.05) is 12.0 Å². The van der Waals surface area contributed by atoms with E-state index in [1.54, 1.807) is 0 Å². The van der Waals surface area contributed by atoms with Gasteiger partial charge in [-0.2, -0.15) is 0 Å². The molecule has 0 aliphatic carbocycles. The lowest BCUT2D eigenvalue weighted by molar-refractivity contribution is 0.0880. The average Bonchev–Trinajstić information content (AvgIpc) is 2.75. The number of imide groups is 1. The van der Waals surface area contributed by atoms with Crippen molar-refractivity contribution < 1.29 is 18.0 Å². The summed E-state index contributed by atoms with van der Waals surface area (Å²) >= 11 is 6.45. The first-order valence-electron chi connectivity index (χ1n) is 6.63. The summed E-state index contributed by atoms with van der Waals surface area (Å²) in [6.07, 6.45) is 1.05. The monoisotopic (exact) mass is 489 g/mol. The summed E-state index contributed by atoms with van der Waals surface area (Å²) in [4.78, 5) is 36.1. The highest BCUT2D eigenvalue weighted by atomic mass is 79.9. The Balaban J connectivity index is 2.37.